The summed E-state index contributed by atoms with van der Waals surface area (Å²) in [6, 6.07) is 0. The highest BCUT2D eigenvalue weighted by Crippen LogP contribution is 2.21. The molecule has 112 valence electrons. The molecule has 0 saturated carbocycles. The average molecular weight is 298 g/mol. The van der Waals surface area contributed by atoms with E-state index in [4.69, 9.17) is 5.73 Å². The van der Waals surface area contributed by atoms with Gasteiger partial charge in [0.25, 0.3) is 11.8 Å². The van der Waals surface area contributed by atoms with Crippen LogP contribution in [0.2, 0.25) is 0 Å². The van der Waals surface area contributed by atoms with Crippen LogP contribution in [-0.2, 0) is 0 Å². The van der Waals surface area contributed by atoms with Gasteiger partial charge in [-0.2, -0.15) is 4.37 Å². The first-order chi connectivity index (χ1) is 9.32. The molecule has 0 aromatic carbocycles. The van der Waals surface area contributed by atoms with Crippen molar-refractivity contribution in [2.24, 2.45) is 11.8 Å². The van der Waals surface area contributed by atoms with Crippen LogP contribution in [0.4, 0.5) is 5.69 Å². The van der Waals surface area contributed by atoms with Gasteiger partial charge in [0.1, 0.15) is 4.88 Å². The number of aromatic nitrogens is 1. The molecule has 0 aliphatic carbocycles. The van der Waals surface area contributed by atoms with E-state index in [0.29, 0.717) is 29.8 Å². The molecule has 0 aliphatic heterocycles. The van der Waals surface area contributed by atoms with Gasteiger partial charge in [0, 0.05) is 13.1 Å². The molecule has 7 heteroatoms. The third-order valence-corrected chi connectivity index (χ3v) is 3.35. The number of nitrogen functional groups attached to an aromatic ring is 1. The lowest BCUT2D eigenvalue weighted by Gasteiger charge is -2.07. The summed E-state index contributed by atoms with van der Waals surface area (Å²) in [6.07, 6.45) is 0. The topological polar surface area (TPSA) is 97.1 Å². The van der Waals surface area contributed by atoms with E-state index < -0.39 is 0 Å². The molecular weight excluding hydrogens is 276 g/mol. The smallest absolute Gasteiger partial charge is 0.273 e. The second-order valence-electron chi connectivity index (χ2n) is 5.48. The minimum absolute atomic E-state index is 0.130. The van der Waals surface area contributed by atoms with Crippen LogP contribution >= 0.6 is 11.5 Å². The second-order valence-corrected chi connectivity index (χ2v) is 6.26. The van der Waals surface area contributed by atoms with Crippen molar-refractivity contribution in [3.05, 3.63) is 10.6 Å². The Kier molecular flexibility index (Phi) is 5.94. The van der Waals surface area contributed by atoms with Gasteiger partial charge in [0.15, 0.2) is 5.69 Å². The quantitative estimate of drug-likeness (QED) is 0.741. The van der Waals surface area contributed by atoms with Gasteiger partial charge in [-0.3, -0.25) is 9.59 Å². The van der Waals surface area contributed by atoms with Gasteiger partial charge in [-0.05, 0) is 23.4 Å². The van der Waals surface area contributed by atoms with E-state index in [0.717, 1.165) is 11.5 Å². The first-order valence-electron chi connectivity index (χ1n) is 6.64. The molecule has 0 radical (unpaired) electrons. The zero-order chi connectivity index (χ0) is 15.3. The maximum absolute atomic E-state index is 11.9. The summed E-state index contributed by atoms with van der Waals surface area (Å²) in [4.78, 5) is 24.1. The fourth-order valence-electron chi connectivity index (χ4n) is 1.38. The number of carbonyl (C=O) groups excluding carboxylic acids is 2. The zero-order valence-corrected chi connectivity index (χ0v) is 13.1. The Balaban J connectivity index is 2.73. The van der Waals surface area contributed by atoms with Crippen molar-refractivity contribution in [2.75, 3.05) is 18.8 Å². The van der Waals surface area contributed by atoms with Crippen molar-refractivity contribution >= 4 is 29.0 Å². The number of hydrogen-bond donors (Lipinski definition) is 3. The molecule has 0 aliphatic rings. The van der Waals surface area contributed by atoms with E-state index >= 15 is 0 Å². The van der Waals surface area contributed by atoms with Gasteiger partial charge in [-0.25, -0.2) is 0 Å². The summed E-state index contributed by atoms with van der Waals surface area (Å²) in [5, 5.41) is 5.50. The van der Waals surface area contributed by atoms with E-state index in [9.17, 15) is 9.59 Å². The van der Waals surface area contributed by atoms with Crippen LogP contribution in [0.25, 0.3) is 0 Å². The van der Waals surface area contributed by atoms with Gasteiger partial charge in [0.05, 0.1) is 5.69 Å². The lowest BCUT2D eigenvalue weighted by molar-refractivity contribution is 0.0945. The van der Waals surface area contributed by atoms with Gasteiger partial charge >= 0.3 is 0 Å². The van der Waals surface area contributed by atoms with Gasteiger partial charge in [0.2, 0.25) is 0 Å². The summed E-state index contributed by atoms with van der Waals surface area (Å²) < 4.78 is 3.99. The molecule has 0 saturated heterocycles. The van der Waals surface area contributed by atoms with Crippen molar-refractivity contribution in [1.29, 1.82) is 0 Å². The monoisotopic (exact) mass is 298 g/mol. The summed E-state index contributed by atoms with van der Waals surface area (Å²) in [5.41, 5.74) is 6.12. The molecule has 1 heterocycles. The highest BCUT2D eigenvalue weighted by atomic mass is 32.1. The van der Waals surface area contributed by atoms with Crippen LogP contribution in [0.15, 0.2) is 0 Å². The maximum atomic E-state index is 11.9. The maximum Gasteiger partial charge on any atom is 0.273 e. The Morgan fingerprint density at radius 3 is 2.10 bits per heavy atom. The lowest BCUT2D eigenvalue weighted by Crippen LogP contribution is -2.29. The van der Waals surface area contributed by atoms with E-state index in [1.54, 1.807) is 0 Å². The average Bonchev–Trinajstić information content (AvgIpc) is 2.75. The molecule has 2 amide bonds. The minimum atomic E-state index is -0.338. The van der Waals surface area contributed by atoms with Crippen molar-refractivity contribution in [3.8, 4) is 0 Å². The van der Waals surface area contributed by atoms with Crippen LogP contribution in [0.5, 0.6) is 0 Å². The van der Waals surface area contributed by atoms with E-state index in [1.807, 2.05) is 27.7 Å². The molecule has 0 spiro atoms. The van der Waals surface area contributed by atoms with Crippen LogP contribution < -0.4 is 16.4 Å². The Labute approximate surface area is 123 Å². The van der Waals surface area contributed by atoms with Crippen molar-refractivity contribution in [1.82, 2.24) is 15.0 Å². The molecule has 0 unspecified atom stereocenters. The third-order valence-electron chi connectivity index (χ3n) is 2.49. The summed E-state index contributed by atoms with van der Waals surface area (Å²) in [7, 11) is 0. The Morgan fingerprint density at radius 1 is 1.10 bits per heavy atom. The fourth-order valence-corrected chi connectivity index (χ4v) is 2.10. The Bertz CT molecular complexity index is 441. The van der Waals surface area contributed by atoms with E-state index in [2.05, 4.69) is 15.0 Å². The van der Waals surface area contributed by atoms with Gasteiger partial charge in [-0.15, -0.1) is 0 Å². The molecule has 20 heavy (non-hydrogen) atoms. The number of hydrogen-bond acceptors (Lipinski definition) is 5. The van der Waals surface area contributed by atoms with Crippen LogP contribution in [-0.4, -0.2) is 29.3 Å². The number of amides is 2. The van der Waals surface area contributed by atoms with Crippen LogP contribution in [0, 0.1) is 11.8 Å². The van der Waals surface area contributed by atoms with Crippen molar-refractivity contribution in [3.63, 3.8) is 0 Å². The Morgan fingerprint density at radius 2 is 1.60 bits per heavy atom. The number of rotatable bonds is 6. The predicted molar refractivity (Wildman–Crippen MR) is 80.9 cm³/mol. The molecule has 1 aromatic heterocycles. The normalized spacial score (nSPS) is 10.9. The summed E-state index contributed by atoms with van der Waals surface area (Å²) in [5.74, 6) is 0.0708. The second kappa shape index (κ2) is 7.23. The molecule has 4 N–H and O–H groups in total. The first-order valence-corrected chi connectivity index (χ1v) is 7.41. The van der Waals surface area contributed by atoms with Crippen LogP contribution in [0.3, 0.4) is 0 Å². The summed E-state index contributed by atoms with van der Waals surface area (Å²) in [6.45, 7) is 9.10. The molecule has 0 bridgehead atoms. The number of nitrogens with zero attached hydrogens (tertiary/aromatic N) is 1. The number of anilines is 1. The molecule has 0 atom stereocenters. The van der Waals surface area contributed by atoms with E-state index in [1.165, 1.54) is 0 Å². The SMILES string of the molecule is CC(C)CNC(=O)c1nsc(C(=O)NCC(C)C)c1N. The lowest BCUT2D eigenvalue weighted by atomic mass is 10.2. The molecule has 1 aromatic rings. The Hall–Kier alpha value is -1.63. The van der Waals surface area contributed by atoms with Crippen molar-refractivity contribution in [2.45, 2.75) is 27.7 Å². The van der Waals surface area contributed by atoms with E-state index in [-0.39, 0.29) is 23.2 Å². The van der Waals surface area contributed by atoms with Crippen LogP contribution in [0.1, 0.15) is 47.9 Å². The highest BCUT2D eigenvalue weighted by Gasteiger charge is 2.21. The number of nitrogens with two attached hydrogens (primary N) is 1. The molecule has 1 rings (SSSR count). The molecule has 0 fully saturated rings. The zero-order valence-electron chi connectivity index (χ0n) is 12.3. The predicted octanol–water partition coefficient (Wildman–Crippen LogP) is 1.50. The summed E-state index contributed by atoms with van der Waals surface area (Å²) >= 11 is 0.951. The third kappa shape index (κ3) is 4.48. The number of carbonyl (C=O) groups is 2. The number of nitrogens with one attached hydrogen (secondary N) is 2. The van der Waals surface area contributed by atoms with Gasteiger partial charge < -0.3 is 16.4 Å². The fraction of sp³-hybridized carbons (Fsp3) is 0.615. The highest BCUT2D eigenvalue weighted by molar-refractivity contribution is 7.09. The molecular formula is C13H22N4O2S. The minimum Gasteiger partial charge on any atom is -0.395 e. The first kappa shape index (κ1) is 16.4. The van der Waals surface area contributed by atoms with Gasteiger partial charge in [-0.1, -0.05) is 27.7 Å². The standard InChI is InChI=1S/C13H22N4O2S/c1-7(2)5-15-12(18)10-9(14)11(20-17-10)13(19)16-6-8(3)4/h7-8H,5-6,14H2,1-4H3,(H,15,18)(H,16,19). The van der Waals surface area contributed by atoms with Crippen molar-refractivity contribution < 1.29 is 9.59 Å². The largest absolute Gasteiger partial charge is 0.395 e. The molecule has 6 nitrogen and oxygen atoms in total.